The third kappa shape index (κ3) is 3.54. The molecule has 0 unspecified atom stereocenters. The smallest absolute Gasteiger partial charge is 0.138 e. The van der Waals surface area contributed by atoms with Crippen molar-refractivity contribution in [1.82, 2.24) is 19.1 Å². The SMILES string of the molecule is c1ccc(-c2cc(-c3ccccc3)nc(-n3c4ccccc4c4ccc5ncn(-c6ccccc6)c5c43)c2)cc1. The average molecular weight is 513 g/mol. The zero-order valence-corrected chi connectivity index (χ0v) is 21.6. The predicted molar refractivity (Wildman–Crippen MR) is 164 cm³/mol. The molecule has 8 aromatic rings. The highest BCUT2D eigenvalue weighted by Gasteiger charge is 2.20. The van der Waals surface area contributed by atoms with Gasteiger partial charge in [-0.3, -0.25) is 9.13 Å². The summed E-state index contributed by atoms with van der Waals surface area (Å²) in [5.41, 5.74) is 9.59. The van der Waals surface area contributed by atoms with Crippen LogP contribution in [-0.2, 0) is 0 Å². The fourth-order valence-corrected chi connectivity index (χ4v) is 5.76. The van der Waals surface area contributed by atoms with E-state index in [4.69, 9.17) is 9.97 Å². The van der Waals surface area contributed by atoms with Crippen molar-refractivity contribution in [3.05, 3.63) is 146 Å². The molecule has 4 heteroatoms. The molecule has 5 aromatic carbocycles. The molecule has 8 rings (SSSR count). The number of pyridine rings is 1. The Morgan fingerprint density at radius 1 is 0.500 bits per heavy atom. The van der Waals surface area contributed by atoms with E-state index in [1.165, 1.54) is 10.8 Å². The number of nitrogens with zero attached hydrogens (tertiary/aromatic N) is 4. The van der Waals surface area contributed by atoms with Crippen LogP contribution in [0.15, 0.2) is 146 Å². The fourth-order valence-electron chi connectivity index (χ4n) is 5.76. The van der Waals surface area contributed by atoms with Crippen LogP contribution in [0.3, 0.4) is 0 Å². The highest BCUT2D eigenvalue weighted by atomic mass is 15.1. The molecule has 0 aliphatic rings. The van der Waals surface area contributed by atoms with Gasteiger partial charge in [-0.2, -0.15) is 0 Å². The summed E-state index contributed by atoms with van der Waals surface area (Å²) in [5, 5.41) is 2.36. The van der Waals surface area contributed by atoms with Crippen molar-refractivity contribution in [1.29, 1.82) is 0 Å². The molecular formula is C36H24N4. The van der Waals surface area contributed by atoms with E-state index in [0.717, 1.165) is 56.0 Å². The largest absolute Gasteiger partial charge is 0.297 e. The van der Waals surface area contributed by atoms with E-state index in [0.29, 0.717) is 0 Å². The number of hydrogen-bond acceptors (Lipinski definition) is 2. The Morgan fingerprint density at radius 2 is 1.18 bits per heavy atom. The van der Waals surface area contributed by atoms with E-state index in [1.807, 2.05) is 18.5 Å². The van der Waals surface area contributed by atoms with Gasteiger partial charge in [0.25, 0.3) is 0 Å². The number of aromatic nitrogens is 4. The minimum Gasteiger partial charge on any atom is -0.297 e. The van der Waals surface area contributed by atoms with E-state index >= 15 is 0 Å². The van der Waals surface area contributed by atoms with E-state index < -0.39 is 0 Å². The third-order valence-electron chi connectivity index (χ3n) is 7.59. The van der Waals surface area contributed by atoms with E-state index in [9.17, 15) is 0 Å². The summed E-state index contributed by atoms with van der Waals surface area (Å²) in [6.45, 7) is 0. The van der Waals surface area contributed by atoms with Crippen LogP contribution in [0.25, 0.3) is 66.7 Å². The summed E-state index contributed by atoms with van der Waals surface area (Å²) in [4.78, 5) is 10.1. The Bertz CT molecular complexity index is 2080. The Morgan fingerprint density at radius 3 is 1.95 bits per heavy atom. The number of imidazole rings is 1. The van der Waals surface area contributed by atoms with Gasteiger partial charge in [0, 0.05) is 22.0 Å². The second kappa shape index (κ2) is 9.07. The standard InChI is InChI=1S/C36H24N4/c1-4-12-25(13-5-1)27-22-32(26-14-6-2-7-15-26)38-34(23-27)40-33-19-11-10-18-29(33)30-20-21-31-36(35(30)40)39(24-37-31)28-16-8-3-9-17-28/h1-24H. The van der Waals surface area contributed by atoms with Gasteiger partial charge >= 0.3 is 0 Å². The van der Waals surface area contributed by atoms with Crippen molar-refractivity contribution >= 4 is 32.8 Å². The molecular weight excluding hydrogens is 488 g/mol. The van der Waals surface area contributed by atoms with Gasteiger partial charge in [-0.25, -0.2) is 9.97 Å². The first-order valence-corrected chi connectivity index (χ1v) is 13.4. The second-order valence-electron chi connectivity index (χ2n) is 9.96. The Hall–Kier alpha value is -5.48. The molecule has 0 amide bonds. The van der Waals surface area contributed by atoms with Crippen molar-refractivity contribution in [3.8, 4) is 33.9 Å². The minimum atomic E-state index is 0.875. The van der Waals surface area contributed by atoms with Gasteiger partial charge in [0.15, 0.2) is 0 Å². The summed E-state index contributed by atoms with van der Waals surface area (Å²) >= 11 is 0. The van der Waals surface area contributed by atoms with Gasteiger partial charge in [-0.05, 0) is 53.6 Å². The lowest BCUT2D eigenvalue weighted by molar-refractivity contribution is 1.07. The van der Waals surface area contributed by atoms with Gasteiger partial charge in [0.2, 0.25) is 0 Å². The highest BCUT2D eigenvalue weighted by molar-refractivity contribution is 6.17. The van der Waals surface area contributed by atoms with Crippen LogP contribution in [0.2, 0.25) is 0 Å². The summed E-state index contributed by atoms with van der Waals surface area (Å²) in [7, 11) is 0. The summed E-state index contributed by atoms with van der Waals surface area (Å²) in [5.74, 6) is 0.875. The van der Waals surface area contributed by atoms with Crippen molar-refractivity contribution in [2.45, 2.75) is 0 Å². The van der Waals surface area contributed by atoms with Crippen LogP contribution in [0.5, 0.6) is 0 Å². The van der Waals surface area contributed by atoms with Crippen LogP contribution in [0.4, 0.5) is 0 Å². The number of fused-ring (bicyclic) bond motifs is 5. The lowest BCUT2D eigenvalue weighted by Gasteiger charge is -2.14. The summed E-state index contributed by atoms with van der Waals surface area (Å²) in [6.07, 6.45) is 1.92. The molecule has 40 heavy (non-hydrogen) atoms. The van der Waals surface area contributed by atoms with Gasteiger partial charge < -0.3 is 0 Å². The Balaban J connectivity index is 1.52. The quantitative estimate of drug-likeness (QED) is 0.236. The number of para-hydroxylation sites is 2. The van der Waals surface area contributed by atoms with Crippen molar-refractivity contribution < 1.29 is 0 Å². The van der Waals surface area contributed by atoms with E-state index in [1.54, 1.807) is 0 Å². The van der Waals surface area contributed by atoms with Gasteiger partial charge in [-0.1, -0.05) is 97.1 Å². The molecule has 0 bridgehead atoms. The maximum Gasteiger partial charge on any atom is 0.138 e. The molecule has 0 aliphatic heterocycles. The Kier molecular flexibility index (Phi) is 5.10. The molecule has 0 N–H and O–H groups in total. The van der Waals surface area contributed by atoms with E-state index in [-0.39, 0.29) is 0 Å². The number of hydrogen-bond donors (Lipinski definition) is 0. The zero-order chi connectivity index (χ0) is 26.5. The van der Waals surface area contributed by atoms with Crippen LogP contribution >= 0.6 is 0 Å². The molecule has 4 nitrogen and oxygen atoms in total. The number of benzene rings is 5. The average Bonchev–Trinajstić information content (AvgIpc) is 3.62. The predicted octanol–water partition coefficient (Wildman–Crippen LogP) is 8.85. The maximum absolute atomic E-state index is 5.30. The molecule has 0 radical (unpaired) electrons. The Labute approximate surface area is 231 Å². The highest BCUT2D eigenvalue weighted by Crippen LogP contribution is 2.38. The van der Waals surface area contributed by atoms with Crippen LogP contribution in [0, 0.1) is 0 Å². The monoisotopic (exact) mass is 512 g/mol. The normalized spacial score (nSPS) is 11.5. The molecule has 3 aromatic heterocycles. The molecule has 0 saturated carbocycles. The van der Waals surface area contributed by atoms with Gasteiger partial charge in [0.1, 0.15) is 12.1 Å². The van der Waals surface area contributed by atoms with E-state index in [2.05, 4.69) is 137 Å². The first kappa shape index (κ1) is 22.5. The molecule has 188 valence electrons. The minimum absolute atomic E-state index is 0.875. The molecule has 3 heterocycles. The molecule has 0 saturated heterocycles. The second-order valence-corrected chi connectivity index (χ2v) is 9.96. The lowest BCUT2D eigenvalue weighted by Crippen LogP contribution is -2.02. The molecule has 0 spiro atoms. The summed E-state index contributed by atoms with van der Waals surface area (Å²) < 4.78 is 4.50. The van der Waals surface area contributed by atoms with Crippen LogP contribution < -0.4 is 0 Å². The van der Waals surface area contributed by atoms with Crippen LogP contribution in [0.1, 0.15) is 0 Å². The van der Waals surface area contributed by atoms with Crippen molar-refractivity contribution in [2.75, 3.05) is 0 Å². The first-order valence-electron chi connectivity index (χ1n) is 13.4. The molecule has 0 fully saturated rings. The van der Waals surface area contributed by atoms with Crippen molar-refractivity contribution in [3.63, 3.8) is 0 Å². The maximum atomic E-state index is 5.30. The van der Waals surface area contributed by atoms with Crippen LogP contribution in [-0.4, -0.2) is 19.1 Å². The molecule has 0 aliphatic carbocycles. The topological polar surface area (TPSA) is 35.6 Å². The fraction of sp³-hybridized carbons (Fsp3) is 0. The zero-order valence-electron chi connectivity index (χ0n) is 21.6. The molecule has 0 atom stereocenters. The summed E-state index contributed by atoms with van der Waals surface area (Å²) in [6, 6.07) is 48.6. The third-order valence-corrected chi connectivity index (χ3v) is 7.59. The lowest BCUT2D eigenvalue weighted by atomic mass is 10.0. The van der Waals surface area contributed by atoms with Gasteiger partial charge in [0.05, 0.1) is 27.8 Å². The number of rotatable bonds is 4. The van der Waals surface area contributed by atoms with Crippen molar-refractivity contribution in [2.24, 2.45) is 0 Å². The van der Waals surface area contributed by atoms with Gasteiger partial charge in [-0.15, -0.1) is 0 Å². The first-order chi connectivity index (χ1) is 19.8.